The Morgan fingerprint density at radius 3 is 2.80 bits per heavy atom. The molecule has 0 aliphatic rings. The molecule has 5 heteroatoms. The van der Waals surface area contributed by atoms with Gasteiger partial charge in [0, 0.05) is 25.5 Å². The van der Waals surface area contributed by atoms with E-state index in [4.69, 9.17) is 16.3 Å². The van der Waals surface area contributed by atoms with Crippen LogP contribution >= 0.6 is 11.6 Å². The summed E-state index contributed by atoms with van der Waals surface area (Å²) in [5, 5.41) is 0. The van der Waals surface area contributed by atoms with Crippen LogP contribution in [0.2, 0.25) is 0 Å². The van der Waals surface area contributed by atoms with Gasteiger partial charge in [0.2, 0.25) is 5.88 Å². The van der Waals surface area contributed by atoms with Crippen molar-refractivity contribution in [2.75, 3.05) is 31.0 Å². The maximum absolute atomic E-state index is 5.67. The smallest absolute Gasteiger partial charge is 0.218 e. The first-order chi connectivity index (χ1) is 7.17. The number of alkyl halides is 1. The summed E-state index contributed by atoms with van der Waals surface area (Å²) in [5.74, 6) is 2.73. The quantitative estimate of drug-likeness (QED) is 0.723. The number of ether oxygens (including phenoxy) is 1. The molecule has 0 bridgehead atoms. The first-order valence-corrected chi connectivity index (χ1v) is 5.46. The van der Waals surface area contributed by atoms with Crippen LogP contribution in [0.5, 0.6) is 5.88 Å². The van der Waals surface area contributed by atoms with Crippen LogP contribution in [0.15, 0.2) is 6.07 Å². The molecule has 84 valence electrons. The maximum Gasteiger partial charge on any atom is 0.218 e. The number of hydrogen-bond donors (Lipinski definition) is 0. The summed E-state index contributed by atoms with van der Waals surface area (Å²) in [6.45, 7) is 5.14. The predicted molar refractivity (Wildman–Crippen MR) is 61.9 cm³/mol. The molecule has 0 aromatic carbocycles. The molecule has 0 amide bonds. The highest BCUT2D eigenvalue weighted by Gasteiger charge is 2.06. The van der Waals surface area contributed by atoms with Crippen LogP contribution < -0.4 is 9.64 Å². The molecule has 1 aromatic heterocycles. The van der Waals surface area contributed by atoms with E-state index in [1.165, 1.54) is 0 Å². The van der Waals surface area contributed by atoms with Gasteiger partial charge in [-0.1, -0.05) is 0 Å². The highest BCUT2D eigenvalue weighted by Crippen LogP contribution is 2.16. The van der Waals surface area contributed by atoms with Crippen molar-refractivity contribution in [2.45, 2.75) is 13.8 Å². The second-order valence-electron chi connectivity index (χ2n) is 3.16. The third-order valence-electron chi connectivity index (χ3n) is 1.90. The Kier molecular flexibility index (Phi) is 4.62. The lowest BCUT2D eigenvalue weighted by molar-refractivity contribution is 0.325. The standard InChI is InChI=1S/C10H16ClN3O/c1-4-15-10-7-9(12-8(2)13-10)14(3)6-5-11/h7H,4-6H2,1-3H3. The number of aromatic nitrogens is 2. The van der Waals surface area contributed by atoms with Gasteiger partial charge < -0.3 is 9.64 Å². The van der Waals surface area contributed by atoms with Crippen LogP contribution in [-0.2, 0) is 0 Å². The van der Waals surface area contributed by atoms with E-state index in [1.54, 1.807) is 0 Å². The van der Waals surface area contributed by atoms with Gasteiger partial charge in [-0.05, 0) is 13.8 Å². The van der Waals surface area contributed by atoms with Gasteiger partial charge in [0.15, 0.2) is 0 Å². The van der Waals surface area contributed by atoms with E-state index in [0.29, 0.717) is 24.2 Å². The zero-order valence-electron chi connectivity index (χ0n) is 9.33. The number of rotatable bonds is 5. The predicted octanol–water partition coefficient (Wildman–Crippen LogP) is 1.86. The number of nitrogens with zero attached hydrogens (tertiary/aromatic N) is 3. The molecule has 0 atom stereocenters. The van der Waals surface area contributed by atoms with Crippen molar-refractivity contribution in [1.29, 1.82) is 0 Å². The average Bonchev–Trinajstić information content (AvgIpc) is 2.17. The molecule has 0 spiro atoms. The Balaban J connectivity index is 2.87. The van der Waals surface area contributed by atoms with Crippen molar-refractivity contribution in [1.82, 2.24) is 9.97 Å². The minimum Gasteiger partial charge on any atom is -0.478 e. The Labute approximate surface area is 95.2 Å². The van der Waals surface area contributed by atoms with Gasteiger partial charge in [0.25, 0.3) is 0 Å². The van der Waals surface area contributed by atoms with E-state index in [1.807, 2.05) is 31.9 Å². The van der Waals surface area contributed by atoms with Crippen LogP contribution in [-0.4, -0.2) is 36.0 Å². The zero-order valence-corrected chi connectivity index (χ0v) is 10.1. The lowest BCUT2D eigenvalue weighted by Crippen LogP contribution is -2.21. The topological polar surface area (TPSA) is 38.2 Å². The molecule has 0 N–H and O–H groups in total. The van der Waals surface area contributed by atoms with Crippen molar-refractivity contribution in [3.05, 3.63) is 11.9 Å². The Morgan fingerprint density at radius 1 is 1.47 bits per heavy atom. The van der Waals surface area contributed by atoms with Gasteiger partial charge in [0.05, 0.1) is 6.61 Å². The number of hydrogen-bond acceptors (Lipinski definition) is 4. The summed E-state index contributed by atoms with van der Waals surface area (Å²) in [4.78, 5) is 10.5. The largest absolute Gasteiger partial charge is 0.478 e. The Bertz CT molecular complexity index is 320. The van der Waals surface area contributed by atoms with Gasteiger partial charge >= 0.3 is 0 Å². The lowest BCUT2D eigenvalue weighted by atomic mass is 10.4. The van der Waals surface area contributed by atoms with Crippen LogP contribution in [0, 0.1) is 6.92 Å². The molecule has 0 radical (unpaired) electrons. The highest BCUT2D eigenvalue weighted by atomic mass is 35.5. The third kappa shape index (κ3) is 3.55. The van der Waals surface area contributed by atoms with Gasteiger partial charge in [-0.15, -0.1) is 11.6 Å². The van der Waals surface area contributed by atoms with E-state index in [0.717, 1.165) is 12.4 Å². The zero-order chi connectivity index (χ0) is 11.3. The summed E-state index contributed by atoms with van der Waals surface area (Å²) >= 11 is 5.67. The second-order valence-corrected chi connectivity index (χ2v) is 3.53. The Hall–Kier alpha value is -1.03. The van der Waals surface area contributed by atoms with E-state index >= 15 is 0 Å². The van der Waals surface area contributed by atoms with Gasteiger partial charge in [-0.2, -0.15) is 4.98 Å². The molecule has 1 aromatic rings. The van der Waals surface area contributed by atoms with Gasteiger partial charge in [0.1, 0.15) is 11.6 Å². The molecule has 0 unspecified atom stereocenters. The summed E-state index contributed by atoms with van der Waals surface area (Å²) < 4.78 is 5.34. The monoisotopic (exact) mass is 229 g/mol. The first kappa shape index (κ1) is 12.0. The number of anilines is 1. The fourth-order valence-electron chi connectivity index (χ4n) is 1.18. The number of aryl methyl sites for hydroxylation is 1. The highest BCUT2D eigenvalue weighted by molar-refractivity contribution is 6.18. The molecule has 4 nitrogen and oxygen atoms in total. The van der Waals surface area contributed by atoms with Crippen molar-refractivity contribution >= 4 is 17.4 Å². The van der Waals surface area contributed by atoms with Crippen LogP contribution in [0.4, 0.5) is 5.82 Å². The fourth-order valence-corrected chi connectivity index (χ4v) is 1.44. The van der Waals surface area contributed by atoms with Crippen molar-refractivity contribution in [3.63, 3.8) is 0 Å². The van der Waals surface area contributed by atoms with Crippen molar-refractivity contribution in [3.8, 4) is 5.88 Å². The first-order valence-electron chi connectivity index (χ1n) is 4.93. The summed E-state index contributed by atoms with van der Waals surface area (Å²) in [6, 6.07) is 1.82. The summed E-state index contributed by atoms with van der Waals surface area (Å²) in [5.41, 5.74) is 0. The van der Waals surface area contributed by atoms with E-state index < -0.39 is 0 Å². The van der Waals surface area contributed by atoms with E-state index in [9.17, 15) is 0 Å². The molecular formula is C10H16ClN3O. The lowest BCUT2D eigenvalue weighted by Gasteiger charge is -2.17. The van der Waals surface area contributed by atoms with E-state index in [-0.39, 0.29) is 0 Å². The second kappa shape index (κ2) is 5.75. The number of halogens is 1. The molecular weight excluding hydrogens is 214 g/mol. The average molecular weight is 230 g/mol. The fraction of sp³-hybridized carbons (Fsp3) is 0.600. The maximum atomic E-state index is 5.67. The van der Waals surface area contributed by atoms with E-state index in [2.05, 4.69) is 9.97 Å². The van der Waals surface area contributed by atoms with Crippen LogP contribution in [0.1, 0.15) is 12.7 Å². The minimum absolute atomic E-state index is 0.573. The minimum atomic E-state index is 0.573. The van der Waals surface area contributed by atoms with Gasteiger partial charge in [-0.3, -0.25) is 0 Å². The van der Waals surface area contributed by atoms with Gasteiger partial charge in [-0.25, -0.2) is 4.98 Å². The molecule has 0 aliphatic heterocycles. The molecule has 15 heavy (non-hydrogen) atoms. The molecule has 0 saturated heterocycles. The molecule has 0 aliphatic carbocycles. The SMILES string of the molecule is CCOc1cc(N(C)CCCl)nc(C)n1. The van der Waals surface area contributed by atoms with Crippen LogP contribution in [0.25, 0.3) is 0 Å². The normalized spacial score (nSPS) is 10.1. The molecule has 1 heterocycles. The van der Waals surface area contributed by atoms with Crippen LogP contribution in [0.3, 0.4) is 0 Å². The molecule has 0 fully saturated rings. The molecule has 1 rings (SSSR count). The van der Waals surface area contributed by atoms with Crippen molar-refractivity contribution in [2.24, 2.45) is 0 Å². The summed E-state index contributed by atoms with van der Waals surface area (Å²) in [6.07, 6.45) is 0. The van der Waals surface area contributed by atoms with Crippen molar-refractivity contribution < 1.29 is 4.74 Å². The Morgan fingerprint density at radius 2 is 2.20 bits per heavy atom. The third-order valence-corrected chi connectivity index (χ3v) is 2.07. The molecule has 0 saturated carbocycles. The summed E-state index contributed by atoms with van der Waals surface area (Å²) in [7, 11) is 1.94.